The standard InChI is InChI=1S/C15H23BrN2O2/c1-15(2,3)7-12(19)8-17-14(20)13-6-10(16)9-18(13)11-4-5-11/h6,9,11-12,19H,4-5,7-8H2,1-3H3,(H,17,20). The third kappa shape index (κ3) is 4.35. The molecule has 1 aliphatic carbocycles. The van der Waals surface area contributed by atoms with Crippen LogP contribution in [0.15, 0.2) is 16.7 Å². The largest absolute Gasteiger partial charge is 0.391 e. The van der Waals surface area contributed by atoms with Crippen molar-refractivity contribution in [1.29, 1.82) is 0 Å². The number of nitrogens with zero attached hydrogens (tertiary/aromatic N) is 1. The molecule has 1 unspecified atom stereocenters. The molecule has 20 heavy (non-hydrogen) atoms. The predicted molar refractivity (Wildman–Crippen MR) is 82.8 cm³/mol. The molecule has 5 heteroatoms. The van der Waals surface area contributed by atoms with Gasteiger partial charge in [-0.05, 0) is 46.7 Å². The Labute approximate surface area is 128 Å². The zero-order valence-electron chi connectivity index (χ0n) is 12.3. The lowest BCUT2D eigenvalue weighted by Gasteiger charge is -2.22. The maximum Gasteiger partial charge on any atom is 0.268 e. The summed E-state index contributed by atoms with van der Waals surface area (Å²) in [6.45, 7) is 6.53. The number of rotatable bonds is 5. The number of hydrogen-bond donors (Lipinski definition) is 2. The Morgan fingerprint density at radius 1 is 1.55 bits per heavy atom. The van der Waals surface area contributed by atoms with Crippen molar-refractivity contribution in [3.05, 3.63) is 22.4 Å². The lowest BCUT2D eigenvalue weighted by Crippen LogP contribution is -2.35. The van der Waals surface area contributed by atoms with Crippen molar-refractivity contribution in [2.24, 2.45) is 5.41 Å². The lowest BCUT2D eigenvalue weighted by atomic mass is 9.89. The smallest absolute Gasteiger partial charge is 0.268 e. The van der Waals surface area contributed by atoms with Crippen LogP contribution >= 0.6 is 15.9 Å². The highest BCUT2D eigenvalue weighted by Crippen LogP contribution is 2.37. The zero-order chi connectivity index (χ0) is 14.9. The second-order valence-corrected chi connectivity index (χ2v) is 7.73. The average Bonchev–Trinajstić information content (AvgIpc) is 3.07. The molecule has 4 nitrogen and oxygen atoms in total. The van der Waals surface area contributed by atoms with Crippen molar-refractivity contribution >= 4 is 21.8 Å². The predicted octanol–water partition coefficient (Wildman–Crippen LogP) is 3.11. The summed E-state index contributed by atoms with van der Waals surface area (Å²) in [5.41, 5.74) is 0.726. The maximum absolute atomic E-state index is 12.2. The van der Waals surface area contributed by atoms with Crippen molar-refractivity contribution in [1.82, 2.24) is 9.88 Å². The van der Waals surface area contributed by atoms with Crippen LogP contribution in [0.4, 0.5) is 0 Å². The molecular formula is C15H23BrN2O2. The third-order valence-electron chi connectivity index (χ3n) is 3.33. The van der Waals surface area contributed by atoms with Crippen LogP contribution in [0, 0.1) is 5.41 Å². The molecule has 0 radical (unpaired) electrons. The number of carbonyl (C=O) groups excluding carboxylic acids is 1. The molecular weight excluding hydrogens is 320 g/mol. The molecule has 1 heterocycles. The summed E-state index contributed by atoms with van der Waals surface area (Å²) in [6.07, 6.45) is 4.38. The first kappa shape index (κ1) is 15.6. The van der Waals surface area contributed by atoms with Gasteiger partial charge >= 0.3 is 0 Å². The Balaban J connectivity index is 1.92. The lowest BCUT2D eigenvalue weighted by molar-refractivity contribution is 0.0860. The summed E-state index contributed by atoms with van der Waals surface area (Å²) in [4.78, 5) is 12.2. The van der Waals surface area contributed by atoms with Crippen molar-refractivity contribution < 1.29 is 9.90 Å². The number of hydrogen-bond acceptors (Lipinski definition) is 2. The van der Waals surface area contributed by atoms with Gasteiger partial charge < -0.3 is 15.0 Å². The average molecular weight is 343 g/mol. The molecule has 0 bridgehead atoms. The molecule has 2 N–H and O–H groups in total. The van der Waals surface area contributed by atoms with E-state index in [4.69, 9.17) is 0 Å². The monoisotopic (exact) mass is 342 g/mol. The van der Waals surface area contributed by atoms with Gasteiger partial charge in [0, 0.05) is 23.3 Å². The third-order valence-corrected chi connectivity index (χ3v) is 3.77. The number of carbonyl (C=O) groups is 1. The summed E-state index contributed by atoms with van der Waals surface area (Å²) >= 11 is 3.42. The molecule has 1 aromatic heterocycles. The minimum atomic E-state index is -0.508. The van der Waals surface area contributed by atoms with Gasteiger partial charge in [0.05, 0.1) is 6.10 Å². The summed E-state index contributed by atoms with van der Waals surface area (Å²) in [7, 11) is 0. The van der Waals surface area contributed by atoms with Crippen LogP contribution < -0.4 is 5.32 Å². The van der Waals surface area contributed by atoms with Gasteiger partial charge in [-0.25, -0.2) is 0 Å². The van der Waals surface area contributed by atoms with E-state index in [2.05, 4.69) is 42.0 Å². The van der Waals surface area contributed by atoms with Crippen molar-refractivity contribution in [3.8, 4) is 0 Å². The highest BCUT2D eigenvalue weighted by Gasteiger charge is 2.28. The molecule has 1 aromatic rings. The van der Waals surface area contributed by atoms with E-state index in [0.717, 1.165) is 17.3 Å². The Kier molecular flexibility index (Phi) is 4.59. The first-order valence-corrected chi connectivity index (χ1v) is 7.89. The van der Waals surface area contributed by atoms with Crippen LogP contribution in [0.5, 0.6) is 0 Å². The summed E-state index contributed by atoms with van der Waals surface area (Å²) < 4.78 is 2.94. The second kappa shape index (κ2) is 5.90. The number of halogens is 1. The summed E-state index contributed by atoms with van der Waals surface area (Å²) in [5.74, 6) is -0.115. The van der Waals surface area contributed by atoms with Crippen molar-refractivity contribution in [3.63, 3.8) is 0 Å². The van der Waals surface area contributed by atoms with Crippen LogP contribution in [0.1, 0.15) is 56.6 Å². The van der Waals surface area contributed by atoms with Gasteiger partial charge in [0.15, 0.2) is 0 Å². The Morgan fingerprint density at radius 3 is 2.75 bits per heavy atom. The number of aromatic nitrogens is 1. The van der Waals surface area contributed by atoms with Gasteiger partial charge in [0.1, 0.15) is 5.69 Å². The molecule has 1 saturated carbocycles. The fourth-order valence-electron chi connectivity index (χ4n) is 2.36. The van der Waals surface area contributed by atoms with E-state index < -0.39 is 6.10 Å². The molecule has 0 saturated heterocycles. The van der Waals surface area contributed by atoms with Gasteiger partial charge in [-0.15, -0.1) is 0 Å². The summed E-state index contributed by atoms with van der Waals surface area (Å²) in [5, 5.41) is 12.8. The van der Waals surface area contributed by atoms with E-state index in [1.807, 2.05) is 16.8 Å². The van der Waals surface area contributed by atoms with E-state index in [1.54, 1.807) is 0 Å². The number of aliphatic hydroxyl groups excluding tert-OH is 1. The Morgan fingerprint density at radius 2 is 2.20 bits per heavy atom. The molecule has 112 valence electrons. The van der Waals surface area contributed by atoms with E-state index in [-0.39, 0.29) is 11.3 Å². The maximum atomic E-state index is 12.2. The minimum absolute atomic E-state index is 0.0569. The van der Waals surface area contributed by atoms with Crippen molar-refractivity contribution in [2.45, 2.75) is 52.2 Å². The topological polar surface area (TPSA) is 54.3 Å². The van der Waals surface area contributed by atoms with E-state index >= 15 is 0 Å². The highest BCUT2D eigenvalue weighted by molar-refractivity contribution is 9.10. The SMILES string of the molecule is CC(C)(C)CC(O)CNC(=O)c1cc(Br)cn1C1CC1. The van der Waals surface area contributed by atoms with Gasteiger partial charge in [-0.2, -0.15) is 0 Å². The molecule has 1 atom stereocenters. The Bertz CT molecular complexity index is 487. The zero-order valence-corrected chi connectivity index (χ0v) is 13.9. The van der Waals surface area contributed by atoms with Crippen molar-refractivity contribution in [2.75, 3.05) is 6.54 Å². The van der Waals surface area contributed by atoms with Crippen LogP contribution in [-0.4, -0.2) is 28.2 Å². The van der Waals surface area contributed by atoms with E-state index in [0.29, 0.717) is 24.7 Å². The number of nitrogens with one attached hydrogen (secondary N) is 1. The molecule has 0 aliphatic heterocycles. The second-order valence-electron chi connectivity index (χ2n) is 6.81. The van der Waals surface area contributed by atoms with E-state index in [9.17, 15) is 9.90 Å². The first-order chi connectivity index (χ1) is 9.26. The van der Waals surface area contributed by atoms with Gasteiger partial charge in [-0.3, -0.25) is 4.79 Å². The quantitative estimate of drug-likeness (QED) is 0.863. The normalized spacial score (nSPS) is 17.1. The van der Waals surface area contributed by atoms with Gasteiger partial charge in [0.25, 0.3) is 5.91 Å². The first-order valence-electron chi connectivity index (χ1n) is 7.10. The summed E-state index contributed by atoms with van der Waals surface area (Å²) in [6, 6.07) is 2.30. The molecule has 0 spiro atoms. The van der Waals surface area contributed by atoms with Crippen LogP contribution in [-0.2, 0) is 0 Å². The molecule has 0 aromatic carbocycles. The minimum Gasteiger partial charge on any atom is -0.391 e. The number of aliphatic hydroxyl groups is 1. The molecule has 2 rings (SSSR count). The molecule has 1 aliphatic rings. The van der Waals surface area contributed by atoms with Crippen LogP contribution in [0.3, 0.4) is 0 Å². The Hall–Kier alpha value is -0.810. The van der Waals surface area contributed by atoms with Crippen LogP contribution in [0.25, 0.3) is 0 Å². The van der Waals surface area contributed by atoms with Crippen LogP contribution in [0.2, 0.25) is 0 Å². The van der Waals surface area contributed by atoms with Gasteiger partial charge in [0.2, 0.25) is 0 Å². The van der Waals surface area contributed by atoms with E-state index in [1.165, 1.54) is 0 Å². The molecule has 1 fully saturated rings. The number of amides is 1. The molecule has 1 amide bonds. The van der Waals surface area contributed by atoms with Gasteiger partial charge in [-0.1, -0.05) is 20.8 Å². The fraction of sp³-hybridized carbons (Fsp3) is 0.667. The highest BCUT2D eigenvalue weighted by atomic mass is 79.9. The fourth-order valence-corrected chi connectivity index (χ4v) is 2.80.